The number of hydrogen-bond acceptors (Lipinski definition) is 6. The molecular weight excluding hydrogens is 531 g/mol. The van der Waals surface area contributed by atoms with Crippen LogP contribution in [-0.4, -0.2) is 73.1 Å². The van der Waals surface area contributed by atoms with Crippen LogP contribution in [0.4, 0.5) is 10.1 Å². The number of methoxy groups -OCH3 is 1. The fraction of sp³-hybridized carbons (Fsp3) is 0.346. The first-order chi connectivity index (χ1) is 17.4. The second-order valence-corrected chi connectivity index (χ2v) is 9.73. The number of pyridine rings is 1. The quantitative estimate of drug-likeness (QED) is 0.516. The number of rotatable bonds is 5. The van der Waals surface area contributed by atoms with Gasteiger partial charge >= 0.3 is 0 Å². The Hall–Kier alpha value is -3.08. The number of carbonyl (C=O) groups excluding carboxylic acids is 2. The van der Waals surface area contributed by atoms with Gasteiger partial charge in [0.1, 0.15) is 0 Å². The van der Waals surface area contributed by atoms with Gasteiger partial charge in [-0.15, -0.1) is 0 Å². The fourth-order valence-electron chi connectivity index (χ4n) is 4.80. The number of aromatic nitrogens is 1. The highest BCUT2D eigenvalue weighted by atomic mass is 79.9. The first-order valence-electron chi connectivity index (χ1n) is 11.8. The summed E-state index contributed by atoms with van der Waals surface area (Å²) in [5.74, 6) is -0.930. The number of anilines is 1. The summed E-state index contributed by atoms with van der Waals surface area (Å²) in [6, 6.07) is 10.6. The molecule has 1 aromatic heterocycles. The van der Waals surface area contributed by atoms with E-state index in [4.69, 9.17) is 14.5 Å². The molecule has 1 fully saturated rings. The van der Waals surface area contributed by atoms with Crippen molar-refractivity contribution < 1.29 is 23.5 Å². The van der Waals surface area contributed by atoms with Gasteiger partial charge in [0.05, 0.1) is 43.6 Å². The van der Waals surface area contributed by atoms with Crippen molar-refractivity contribution in [3.8, 4) is 5.75 Å². The lowest BCUT2D eigenvalue weighted by molar-refractivity contribution is -0.117. The topological polar surface area (TPSA) is 84.0 Å². The number of para-hydroxylation sites is 1. The first kappa shape index (κ1) is 24.6. The van der Waals surface area contributed by atoms with Crippen LogP contribution in [0, 0.1) is 5.82 Å². The number of benzene rings is 2. The Bertz CT molecular complexity index is 1330. The molecule has 2 amide bonds. The van der Waals surface area contributed by atoms with E-state index in [2.05, 4.69) is 21.2 Å². The van der Waals surface area contributed by atoms with E-state index < -0.39 is 5.82 Å². The zero-order valence-electron chi connectivity index (χ0n) is 19.9. The third kappa shape index (κ3) is 4.93. The van der Waals surface area contributed by atoms with E-state index in [-0.39, 0.29) is 29.8 Å². The Morgan fingerprint density at radius 3 is 2.75 bits per heavy atom. The summed E-state index contributed by atoms with van der Waals surface area (Å²) in [6.45, 7) is 3.22. The van der Waals surface area contributed by atoms with Gasteiger partial charge in [0, 0.05) is 53.7 Å². The minimum absolute atomic E-state index is 0.0235. The molecule has 0 atom stereocenters. The van der Waals surface area contributed by atoms with Gasteiger partial charge in [-0.2, -0.15) is 0 Å². The largest absolute Gasteiger partial charge is 0.492 e. The van der Waals surface area contributed by atoms with Gasteiger partial charge in [-0.1, -0.05) is 34.1 Å². The molecule has 3 aromatic rings. The van der Waals surface area contributed by atoms with Crippen LogP contribution in [0.2, 0.25) is 0 Å². The molecule has 2 aromatic carbocycles. The van der Waals surface area contributed by atoms with Crippen molar-refractivity contribution in [3.05, 3.63) is 63.5 Å². The van der Waals surface area contributed by atoms with Crippen LogP contribution in [0.25, 0.3) is 10.9 Å². The predicted octanol–water partition coefficient (Wildman–Crippen LogP) is 3.61. The van der Waals surface area contributed by atoms with Crippen LogP contribution in [0.1, 0.15) is 21.6 Å². The van der Waals surface area contributed by atoms with Gasteiger partial charge in [0.2, 0.25) is 5.91 Å². The number of carbonyl (C=O) groups is 2. The highest BCUT2D eigenvalue weighted by Crippen LogP contribution is 2.32. The first-order valence-corrected chi connectivity index (χ1v) is 12.6. The molecule has 2 aliphatic heterocycles. The van der Waals surface area contributed by atoms with E-state index in [1.165, 1.54) is 13.2 Å². The number of morpholine rings is 1. The number of nitrogens with zero attached hydrogens (tertiary/aromatic N) is 3. The van der Waals surface area contributed by atoms with Crippen molar-refractivity contribution in [1.29, 1.82) is 0 Å². The lowest BCUT2D eigenvalue weighted by Crippen LogP contribution is -2.42. The number of fused-ring (bicyclic) bond motifs is 2. The molecule has 0 unspecified atom stereocenters. The SMILES string of the molecule is COc1c(F)cc(Br)cc1NC(=O)CN1CCc2nc3ccccc3c(C(=O)N3CCOCC3)c2C1. The summed E-state index contributed by atoms with van der Waals surface area (Å²) in [5.41, 5.74) is 3.44. The summed E-state index contributed by atoms with van der Waals surface area (Å²) in [6.07, 6.45) is 0.617. The zero-order chi connectivity index (χ0) is 25.2. The van der Waals surface area contributed by atoms with Gasteiger partial charge in [0.25, 0.3) is 5.91 Å². The number of ether oxygens (including phenoxy) is 2. The second kappa shape index (κ2) is 10.5. The fourth-order valence-corrected chi connectivity index (χ4v) is 5.23. The number of halogens is 2. The molecule has 0 bridgehead atoms. The van der Waals surface area contributed by atoms with Crippen LogP contribution < -0.4 is 10.1 Å². The molecule has 188 valence electrons. The summed E-state index contributed by atoms with van der Waals surface area (Å²) >= 11 is 3.25. The summed E-state index contributed by atoms with van der Waals surface area (Å²) in [4.78, 5) is 35.2. The summed E-state index contributed by atoms with van der Waals surface area (Å²) in [5, 5.41) is 3.57. The van der Waals surface area contributed by atoms with Crippen LogP contribution >= 0.6 is 15.9 Å². The van der Waals surface area contributed by atoms with Crippen molar-refractivity contribution in [2.24, 2.45) is 0 Å². The van der Waals surface area contributed by atoms with E-state index in [0.717, 1.165) is 22.2 Å². The molecular formula is C26H26BrFN4O4. The van der Waals surface area contributed by atoms with Crippen molar-refractivity contribution in [2.75, 3.05) is 51.8 Å². The molecule has 10 heteroatoms. The number of nitrogens with one attached hydrogen (secondary N) is 1. The average Bonchev–Trinajstić information content (AvgIpc) is 2.87. The van der Waals surface area contributed by atoms with Gasteiger partial charge in [-0.25, -0.2) is 4.39 Å². The van der Waals surface area contributed by atoms with Crippen LogP contribution in [0.3, 0.4) is 0 Å². The van der Waals surface area contributed by atoms with Gasteiger partial charge in [-0.05, 0) is 18.2 Å². The maximum atomic E-state index is 14.2. The third-order valence-corrected chi connectivity index (χ3v) is 6.95. The molecule has 1 N–H and O–H groups in total. The van der Waals surface area contributed by atoms with Gasteiger partial charge in [-0.3, -0.25) is 19.5 Å². The van der Waals surface area contributed by atoms with Gasteiger partial charge in [0.15, 0.2) is 11.6 Å². The Balaban J connectivity index is 1.41. The molecule has 36 heavy (non-hydrogen) atoms. The maximum Gasteiger partial charge on any atom is 0.255 e. The molecule has 0 saturated carbocycles. The molecule has 2 aliphatic rings. The van der Waals surface area contributed by atoms with Gasteiger partial charge < -0.3 is 19.7 Å². The number of hydrogen-bond donors (Lipinski definition) is 1. The standard InChI is InChI=1S/C26H26BrFN4O4/c1-35-25-19(28)12-16(27)13-22(25)30-23(33)15-31-7-6-21-18(14-31)24(17-4-2-3-5-20(17)29-21)26(34)32-8-10-36-11-9-32/h2-5,12-13H,6-11,14-15H2,1H3,(H,30,33). The lowest BCUT2D eigenvalue weighted by Gasteiger charge is -2.32. The molecule has 0 spiro atoms. The van der Waals surface area contributed by atoms with Crippen molar-refractivity contribution in [3.63, 3.8) is 0 Å². The minimum Gasteiger partial charge on any atom is -0.492 e. The Morgan fingerprint density at radius 1 is 1.19 bits per heavy atom. The molecule has 0 radical (unpaired) electrons. The Labute approximate surface area is 216 Å². The van der Waals surface area contributed by atoms with E-state index in [9.17, 15) is 14.0 Å². The van der Waals surface area contributed by atoms with E-state index in [1.807, 2.05) is 34.1 Å². The van der Waals surface area contributed by atoms with Crippen molar-refractivity contribution in [1.82, 2.24) is 14.8 Å². The highest BCUT2D eigenvalue weighted by Gasteiger charge is 2.29. The monoisotopic (exact) mass is 556 g/mol. The van der Waals surface area contributed by atoms with Crippen LogP contribution in [0.5, 0.6) is 5.75 Å². The van der Waals surface area contributed by atoms with E-state index >= 15 is 0 Å². The van der Waals surface area contributed by atoms with Crippen molar-refractivity contribution >= 4 is 44.3 Å². The molecule has 8 nitrogen and oxygen atoms in total. The summed E-state index contributed by atoms with van der Waals surface area (Å²) in [7, 11) is 1.36. The van der Waals surface area contributed by atoms with Crippen LogP contribution in [-0.2, 0) is 22.5 Å². The average molecular weight is 557 g/mol. The number of amides is 2. The van der Waals surface area contributed by atoms with E-state index in [0.29, 0.717) is 55.8 Å². The molecule has 5 rings (SSSR count). The molecule has 1 saturated heterocycles. The second-order valence-electron chi connectivity index (χ2n) is 8.81. The Kier molecular flexibility index (Phi) is 7.17. The Morgan fingerprint density at radius 2 is 1.97 bits per heavy atom. The third-order valence-electron chi connectivity index (χ3n) is 6.49. The smallest absolute Gasteiger partial charge is 0.255 e. The predicted molar refractivity (Wildman–Crippen MR) is 137 cm³/mol. The molecule has 0 aliphatic carbocycles. The lowest BCUT2D eigenvalue weighted by atomic mass is 9.94. The van der Waals surface area contributed by atoms with Crippen molar-refractivity contribution in [2.45, 2.75) is 13.0 Å². The summed E-state index contributed by atoms with van der Waals surface area (Å²) < 4.78 is 25.3. The highest BCUT2D eigenvalue weighted by molar-refractivity contribution is 9.10. The normalized spacial score (nSPS) is 16.0. The van der Waals surface area contributed by atoms with Crippen LogP contribution in [0.15, 0.2) is 40.9 Å². The zero-order valence-corrected chi connectivity index (χ0v) is 21.4. The van der Waals surface area contributed by atoms with E-state index in [1.54, 1.807) is 6.07 Å². The minimum atomic E-state index is -0.571. The maximum absolute atomic E-state index is 14.2. The molecule has 3 heterocycles.